The molecule has 1 aliphatic rings. The molecule has 1 aromatic rings. The molecule has 3 nitrogen and oxygen atoms in total. The Balaban J connectivity index is 2.08. The molecule has 0 bridgehead atoms. The maximum absolute atomic E-state index is 11.8. The number of nitrogens with one attached hydrogen (secondary N) is 1. The Labute approximate surface area is 121 Å². The van der Waals surface area contributed by atoms with E-state index in [1.165, 1.54) is 0 Å². The van der Waals surface area contributed by atoms with E-state index in [1.54, 1.807) is 0 Å². The molecule has 1 aromatic carbocycles. The molecule has 1 saturated carbocycles. The van der Waals surface area contributed by atoms with Gasteiger partial charge in [0.05, 0.1) is 0 Å². The number of rotatable bonds is 4. The van der Waals surface area contributed by atoms with Crippen molar-refractivity contribution in [1.82, 2.24) is 5.32 Å². The van der Waals surface area contributed by atoms with Crippen LogP contribution in [0.5, 0.6) is 0 Å². The number of carboxylic acid groups (broad SMARTS) is 1. The summed E-state index contributed by atoms with van der Waals surface area (Å²) >= 11 is 0. The molecule has 20 heavy (non-hydrogen) atoms. The van der Waals surface area contributed by atoms with Crippen LogP contribution in [0.15, 0.2) is 30.3 Å². The van der Waals surface area contributed by atoms with E-state index in [-0.39, 0.29) is 5.41 Å². The first-order chi connectivity index (χ1) is 9.44. The van der Waals surface area contributed by atoms with Crippen molar-refractivity contribution in [3.63, 3.8) is 0 Å². The molecule has 0 amide bonds. The molecule has 1 atom stereocenters. The minimum absolute atomic E-state index is 0.256. The number of carbonyl (C=O) groups is 1. The van der Waals surface area contributed by atoms with E-state index in [4.69, 9.17) is 0 Å². The molecule has 1 unspecified atom stereocenters. The smallest absolute Gasteiger partial charge is 0.323 e. The van der Waals surface area contributed by atoms with Crippen LogP contribution < -0.4 is 5.32 Å². The quantitative estimate of drug-likeness (QED) is 0.826. The molecule has 2 N–H and O–H groups in total. The first-order valence-corrected chi connectivity index (χ1v) is 7.46. The monoisotopic (exact) mass is 275 g/mol. The van der Waals surface area contributed by atoms with E-state index in [9.17, 15) is 9.90 Å². The van der Waals surface area contributed by atoms with Crippen LogP contribution in [-0.2, 0) is 11.3 Å². The van der Waals surface area contributed by atoms with Crippen molar-refractivity contribution >= 4 is 5.97 Å². The van der Waals surface area contributed by atoms with Crippen LogP contribution in [0.4, 0.5) is 0 Å². The molecule has 110 valence electrons. The van der Waals surface area contributed by atoms with Crippen LogP contribution in [0.1, 0.15) is 51.5 Å². The van der Waals surface area contributed by atoms with Crippen LogP contribution in [0.3, 0.4) is 0 Å². The summed E-state index contributed by atoms with van der Waals surface area (Å²) in [6.07, 6.45) is 4.47. The number of hydrogen-bond donors (Lipinski definition) is 2. The molecule has 2 rings (SSSR count). The highest BCUT2D eigenvalue weighted by atomic mass is 16.4. The lowest BCUT2D eigenvalue weighted by Crippen LogP contribution is -2.51. The molecule has 1 aliphatic carbocycles. The zero-order valence-electron chi connectivity index (χ0n) is 12.5. The average molecular weight is 275 g/mol. The fourth-order valence-corrected chi connectivity index (χ4v) is 3.00. The van der Waals surface area contributed by atoms with E-state index in [2.05, 4.69) is 19.2 Å². The highest BCUT2D eigenvalue weighted by Crippen LogP contribution is 2.38. The van der Waals surface area contributed by atoms with Gasteiger partial charge in [-0.2, -0.15) is 0 Å². The third-order valence-corrected chi connectivity index (χ3v) is 4.57. The molecule has 0 saturated heterocycles. The van der Waals surface area contributed by atoms with Gasteiger partial charge < -0.3 is 5.11 Å². The maximum atomic E-state index is 11.8. The molecule has 0 aromatic heterocycles. The summed E-state index contributed by atoms with van der Waals surface area (Å²) in [6, 6.07) is 10.0. The van der Waals surface area contributed by atoms with Crippen LogP contribution in [-0.4, -0.2) is 16.6 Å². The Bertz CT molecular complexity index is 455. The SMILES string of the molecule is CC1(C)CCCC(NCc2ccccc2)(C(=O)O)CC1. The van der Waals surface area contributed by atoms with Crippen molar-refractivity contribution in [2.45, 2.75) is 58.0 Å². The zero-order chi connectivity index (χ0) is 14.6. The van der Waals surface area contributed by atoms with Gasteiger partial charge in [0.25, 0.3) is 0 Å². The van der Waals surface area contributed by atoms with Crippen LogP contribution in [0.25, 0.3) is 0 Å². The van der Waals surface area contributed by atoms with Gasteiger partial charge in [0.15, 0.2) is 0 Å². The van der Waals surface area contributed by atoms with E-state index in [1.807, 2.05) is 30.3 Å². The summed E-state index contributed by atoms with van der Waals surface area (Å²) in [5, 5.41) is 13.0. The summed E-state index contributed by atoms with van der Waals surface area (Å²) in [7, 11) is 0. The third-order valence-electron chi connectivity index (χ3n) is 4.57. The third kappa shape index (κ3) is 3.60. The van der Waals surface area contributed by atoms with Gasteiger partial charge in [0.1, 0.15) is 5.54 Å². The molecule has 0 radical (unpaired) electrons. The standard InChI is InChI=1S/C17H25NO2/c1-16(2)9-6-10-17(12-11-16,15(19)20)18-13-14-7-4-3-5-8-14/h3-5,7-8,18H,6,9-13H2,1-2H3,(H,19,20). The topological polar surface area (TPSA) is 49.3 Å². The molecule has 0 spiro atoms. The fourth-order valence-electron chi connectivity index (χ4n) is 3.00. The Hall–Kier alpha value is -1.35. The Morgan fingerprint density at radius 3 is 2.50 bits per heavy atom. The van der Waals surface area contributed by atoms with Gasteiger partial charge in [0.2, 0.25) is 0 Å². The van der Waals surface area contributed by atoms with Crippen molar-refractivity contribution in [3.05, 3.63) is 35.9 Å². The Morgan fingerprint density at radius 1 is 1.15 bits per heavy atom. The van der Waals surface area contributed by atoms with Gasteiger partial charge in [-0.05, 0) is 36.7 Å². The predicted molar refractivity (Wildman–Crippen MR) is 80.5 cm³/mol. The van der Waals surface area contributed by atoms with Crippen LogP contribution >= 0.6 is 0 Å². The highest BCUT2D eigenvalue weighted by molar-refractivity contribution is 5.78. The second kappa shape index (κ2) is 5.96. The van der Waals surface area contributed by atoms with Crippen LogP contribution in [0.2, 0.25) is 0 Å². The Morgan fingerprint density at radius 2 is 1.85 bits per heavy atom. The second-order valence-electron chi connectivity index (χ2n) is 6.74. The van der Waals surface area contributed by atoms with Crippen LogP contribution in [0, 0.1) is 5.41 Å². The van der Waals surface area contributed by atoms with E-state index >= 15 is 0 Å². The number of benzene rings is 1. The fraction of sp³-hybridized carbons (Fsp3) is 0.588. The molecular formula is C17H25NO2. The lowest BCUT2D eigenvalue weighted by atomic mass is 9.83. The van der Waals surface area contributed by atoms with E-state index in [0.717, 1.165) is 31.2 Å². The number of aliphatic carboxylic acids is 1. The Kier molecular flexibility index (Phi) is 4.48. The van der Waals surface area contributed by atoms with Crippen molar-refractivity contribution in [2.75, 3.05) is 0 Å². The highest BCUT2D eigenvalue weighted by Gasteiger charge is 2.41. The lowest BCUT2D eigenvalue weighted by Gasteiger charge is -2.30. The molecule has 0 aliphatic heterocycles. The maximum Gasteiger partial charge on any atom is 0.323 e. The van der Waals surface area contributed by atoms with Crippen molar-refractivity contribution in [1.29, 1.82) is 0 Å². The van der Waals surface area contributed by atoms with Gasteiger partial charge in [-0.15, -0.1) is 0 Å². The van der Waals surface area contributed by atoms with Crippen molar-refractivity contribution < 1.29 is 9.90 Å². The molecular weight excluding hydrogens is 250 g/mol. The summed E-state index contributed by atoms with van der Waals surface area (Å²) in [5.41, 5.74) is 0.631. The van der Waals surface area contributed by atoms with Gasteiger partial charge in [-0.25, -0.2) is 0 Å². The van der Waals surface area contributed by atoms with Gasteiger partial charge >= 0.3 is 5.97 Å². The van der Waals surface area contributed by atoms with Gasteiger partial charge in [-0.3, -0.25) is 10.1 Å². The molecule has 0 heterocycles. The van der Waals surface area contributed by atoms with Crippen molar-refractivity contribution in [3.8, 4) is 0 Å². The largest absolute Gasteiger partial charge is 0.480 e. The summed E-state index contributed by atoms with van der Waals surface area (Å²) < 4.78 is 0. The minimum Gasteiger partial charge on any atom is -0.480 e. The summed E-state index contributed by atoms with van der Waals surface area (Å²) in [4.78, 5) is 11.8. The van der Waals surface area contributed by atoms with E-state index in [0.29, 0.717) is 13.0 Å². The lowest BCUT2D eigenvalue weighted by molar-refractivity contribution is -0.145. The zero-order valence-corrected chi connectivity index (χ0v) is 12.5. The van der Waals surface area contributed by atoms with Gasteiger partial charge in [-0.1, -0.05) is 50.6 Å². The van der Waals surface area contributed by atoms with E-state index < -0.39 is 11.5 Å². The average Bonchev–Trinajstić information content (AvgIpc) is 2.57. The summed E-state index contributed by atoms with van der Waals surface area (Å²) in [6.45, 7) is 5.10. The first-order valence-electron chi connectivity index (χ1n) is 7.46. The van der Waals surface area contributed by atoms with Crippen molar-refractivity contribution in [2.24, 2.45) is 5.41 Å². The number of carboxylic acids is 1. The second-order valence-corrected chi connectivity index (χ2v) is 6.74. The first kappa shape index (κ1) is 15.0. The predicted octanol–water partition coefficient (Wildman–Crippen LogP) is 3.59. The number of hydrogen-bond acceptors (Lipinski definition) is 2. The molecule has 3 heteroatoms. The minimum atomic E-state index is -0.760. The molecule has 1 fully saturated rings. The summed E-state index contributed by atoms with van der Waals surface area (Å²) in [5.74, 6) is -0.703. The normalized spacial score (nSPS) is 25.9. The van der Waals surface area contributed by atoms with Gasteiger partial charge in [0, 0.05) is 6.54 Å².